The molecule has 0 spiro atoms. The Bertz CT molecular complexity index is 636. The molecule has 0 aliphatic rings. The van der Waals surface area contributed by atoms with Crippen LogP contribution >= 0.6 is 0 Å². The Kier molecular flexibility index (Phi) is 5.11. The van der Waals surface area contributed by atoms with E-state index in [0.717, 1.165) is 16.0 Å². The summed E-state index contributed by atoms with van der Waals surface area (Å²) < 4.78 is 12.1. The van der Waals surface area contributed by atoms with Gasteiger partial charge >= 0.3 is 0 Å². The summed E-state index contributed by atoms with van der Waals surface area (Å²) in [5, 5.41) is 9.83. The van der Waals surface area contributed by atoms with E-state index in [0.29, 0.717) is 0 Å². The van der Waals surface area contributed by atoms with Crippen molar-refractivity contribution < 1.29 is 9.32 Å². The van der Waals surface area contributed by atoms with Crippen LogP contribution in [0.2, 0.25) is 0 Å². The van der Waals surface area contributed by atoms with E-state index < -0.39 is 16.9 Å². The molecule has 20 heavy (non-hydrogen) atoms. The molecule has 0 amide bonds. The molecule has 1 N–H and O–H groups in total. The quantitative estimate of drug-likeness (QED) is 0.879. The van der Waals surface area contributed by atoms with Crippen molar-refractivity contribution in [2.75, 3.05) is 5.75 Å². The molecule has 2 aromatic rings. The SMILES string of the molecule is Cc1ccc([S@](=O)C[C@@H](O)C#Cc2ccccc2)cc1. The lowest BCUT2D eigenvalue weighted by molar-refractivity contribution is 0.257. The number of benzene rings is 2. The first-order valence-electron chi connectivity index (χ1n) is 6.35. The van der Waals surface area contributed by atoms with Gasteiger partial charge in [-0.2, -0.15) is 0 Å². The van der Waals surface area contributed by atoms with Crippen molar-refractivity contribution in [2.24, 2.45) is 0 Å². The molecule has 102 valence electrons. The van der Waals surface area contributed by atoms with E-state index in [-0.39, 0.29) is 5.75 Å². The van der Waals surface area contributed by atoms with Crippen LogP contribution in [0.15, 0.2) is 59.5 Å². The minimum atomic E-state index is -1.23. The third-order valence-electron chi connectivity index (χ3n) is 2.75. The highest BCUT2D eigenvalue weighted by atomic mass is 32.2. The topological polar surface area (TPSA) is 37.3 Å². The maximum atomic E-state index is 12.1. The van der Waals surface area contributed by atoms with Crippen molar-refractivity contribution in [3.63, 3.8) is 0 Å². The fourth-order valence-electron chi connectivity index (χ4n) is 1.66. The van der Waals surface area contributed by atoms with E-state index in [9.17, 15) is 9.32 Å². The Labute approximate surface area is 121 Å². The molecule has 0 bridgehead atoms. The maximum Gasteiger partial charge on any atom is 0.126 e. The van der Waals surface area contributed by atoms with Gasteiger partial charge in [-0.3, -0.25) is 4.21 Å². The molecule has 3 heteroatoms. The van der Waals surface area contributed by atoms with Gasteiger partial charge in [0, 0.05) is 10.5 Å². The maximum absolute atomic E-state index is 12.1. The summed E-state index contributed by atoms with van der Waals surface area (Å²) in [4.78, 5) is 0.719. The molecule has 0 saturated carbocycles. The zero-order valence-electron chi connectivity index (χ0n) is 11.2. The molecule has 2 rings (SSSR count). The first-order chi connectivity index (χ1) is 9.65. The van der Waals surface area contributed by atoms with Gasteiger partial charge in [0.05, 0.1) is 16.6 Å². The minimum absolute atomic E-state index is 0.128. The van der Waals surface area contributed by atoms with Gasteiger partial charge in [-0.25, -0.2) is 0 Å². The van der Waals surface area contributed by atoms with Crippen molar-refractivity contribution in [3.05, 3.63) is 65.7 Å². The van der Waals surface area contributed by atoms with Gasteiger partial charge in [-0.05, 0) is 31.2 Å². The van der Waals surface area contributed by atoms with E-state index in [2.05, 4.69) is 11.8 Å². The molecule has 0 unspecified atom stereocenters. The summed E-state index contributed by atoms with van der Waals surface area (Å²) in [5.41, 5.74) is 1.96. The van der Waals surface area contributed by atoms with Crippen LogP contribution in [0.1, 0.15) is 11.1 Å². The molecule has 0 aliphatic carbocycles. The Morgan fingerprint density at radius 1 is 1.10 bits per heavy atom. The Hall–Kier alpha value is -1.89. The largest absolute Gasteiger partial charge is 0.379 e. The van der Waals surface area contributed by atoms with E-state index in [1.165, 1.54) is 0 Å². The second kappa shape index (κ2) is 7.04. The fraction of sp³-hybridized carbons (Fsp3) is 0.176. The second-order valence-electron chi connectivity index (χ2n) is 4.48. The molecule has 0 saturated heterocycles. The summed E-state index contributed by atoms with van der Waals surface area (Å²) in [7, 11) is -1.23. The smallest absolute Gasteiger partial charge is 0.126 e. The molecule has 2 aromatic carbocycles. The second-order valence-corrected chi connectivity index (χ2v) is 5.97. The van der Waals surface area contributed by atoms with E-state index in [1.54, 1.807) is 0 Å². The van der Waals surface area contributed by atoms with Crippen LogP contribution in [-0.4, -0.2) is 21.2 Å². The number of hydrogen-bond acceptors (Lipinski definition) is 2. The van der Waals surface area contributed by atoms with Crippen molar-refractivity contribution in [2.45, 2.75) is 17.9 Å². The number of rotatable bonds is 3. The summed E-state index contributed by atoms with van der Waals surface area (Å²) in [5.74, 6) is 5.73. The normalized spacial score (nSPS) is 13.1. The van der Waals surface area contributed by atoms with Gasteiger partial charge in [-0.15, -0.1) is 0 Å². The van der Waals surface area contributed by atoms with Crippen molar-refractivity contribution >= 4 is 10.8 Å². The van der Waals surface area contributed by atoms with Gasteiger partial charge in [0.2, 0.25) is 0 Å². The third kappa shape index (κ3) is 4.34. The lowest BCUT2D eigenvalue weighted by atomic mass is 10.2. The zero-order valence-corrected chi connectivity index (χ0v) is 12.1. The summed E-state index contributed by atoms with van der Waals surface area (Å²) in [6.45, 7) is 1.98. The molecule has 2 atom stereocenters. The lowest BCUT2D eigenvalue weighted by Crippen LogP contribution is -2.14. The number of aryl methyl sites for hydroxylation is 1. The molecule has 0 aliphatic heterocycles. The highest BCUT2D eigenvalue weighted by Crippen LogP contribution is 2.09. The van der Waals surface area contributed by atoms with Gasteiger partial charge in [0.25, 0.3) is 0 Å². The van der Waals surface area contributed by atoms with E-state index in [4.69, 9.17) is 0 Å². The average Bonchev–Trinajstić information content (AvgIpc) is 2.47. The highest BCUT2D eigenvalue weighted by molar-refractivity contribution is 7.85. The predicted octanol–water partition coefficient (Wildman–Crippen LogP) is 2.52. The predicted molar refractivity (Wildman–Crippen MR) is 81.8 cm³/mol. The molecular weight excluding hydrogens is 268 g/mol. The molecule has 0 radical (unpaired) electrons. The molecule has 0 fully saturated rings. The lowest BCUT2D eigenvalue weighted by Gasteiger charge is -2.04. The van der Waals surface area contributed by atoms with Crippen molar-refractivity contribution in [1.29, 1.82) is 0 Å². The monoisotopic (exact) mass is 284 g/mol. The first kappa shape index (κ1) is 14.5. The van der Waals surface area contributed by atoms with Crippen LogP contribution in [0.4, 0.5) is 0 Å². The van der Waals surface area contributed by atoms with E-state index in [1.807, 2.05) is 61.5 Å². The first-order valence-corrected chi connectivity index (χ1v) is 7.67. The van der Waals surface area contributed by atoms with Gasteiger partial charge < -0.3 is 5.11 Å². The summed E-state index contributed by atoms with van der Waals surface area (Å²) >= 11 is 0. The van der Waals surface area contributed by atoms with Crippen molar-refractivity contribution in [3.8, 4) is 11.8 Å². The Morgan fingerprint density at radius 3 is 2.40 bits per heavy atom. The number of aliphatic hydroxyl groups excluding tert-OH is 1. The Morgan fingerprint density at radius 2 is 1.75 bits per heavy atom. The van der Waals surface area contributed by atoms with Gasteiger partial charge in [0.15, 0.2) is 0 Å². The van der Waals surface area contributed by atoms with Gasteiger partial charge in [-0.1, -0.05) is 47.7 Å². The third-order valence-corrected chi connectivity index (χ3v) is 4.17. The molecular formula is C17H16O2S. The molecule has 2 nitrogen and oxygen atoms in total. The van der Waals surface area contributed by atoms with Gasteiger partial charge in [0.1, 0.15) is 6.10 Å². The van der Waals surface area contributed by atoms with E-state index >= 15 is 0 Å². The molecule has 0 aromatic heterocycles. The number of hydrogen-bond donors (Lipinski definition) is 1. The van der Waals surface area contributed by atoms with Crippen LogP contribution in [0, 0.1) is 18.8 Å². The van der Waals surface area contributed by atoms with Crippen LogP contribution in [-0.2, 0) is 10.8 Å². The van der Waals surface area contributed by atoms with Crippen LogP contribution < -0.4 is 0 Å². The van der Waals surface area contributed by atoms with Crippen molar-refractivity contribution in [1.82, 2.24) is 0 Å². The highest BCUT2D eigenvalue weighted by Gasteiger charge is 2.08. The minimum Gasteiger partial charge on any atom is -0.379 e. The standard InChI is InChI=1S/C17H16O2S/c1-14-7-11-17(12-8-14)20(19)13-16(18)10-9-15-5-3-2-4-6-15/h2-8,11-12,16,18H,13H2,1H3/t16-,20+/m0/s1. The summed E-state index contributed by atoms with van der Waals surface area (Å²) in [6, 6.07) is 16.9. The summed E-state index contributed by atoms with van der Waals surface area (Å²) in [6.07, 6.45) is -0.891. The van der Waals surface area contributed by atoms with Crippen LogP contribution in [0.5, 0.6) is 0 Å². The zero-order chi connectivity index (χ0) is 14.4. The molecule has 0 heterocycles. The number of aliphatic hydroxyl groups is 1. The fourth-order valence-corrected chi connectivity index (χ4v) is 2.66. The van der Waals surface area contributed by atoms with Crippen LogP contribution in [0.3, 0.4) is 0 Å². The average molecular weight is 284 g/mol. The van der Waals surface area contributed by atoms with Crippen LogP contribution in [0.25, 0.3) is 0 Å². The Balaban J connectivity index is 1.98.